The first kappa shape index (κ1) is 11.4. The molecule has 0 aliphatic rings. The zero-order chi connectivity index (χ0) is 11.3. The van der Waals surface area contributed by atoms with Gasteiger partial charge < -0.3 is 9.84 Å². The van der Waals surface area contributed by atoms with Gasteiger partial charge in [0.15, 0.2) is 0 Å². The lowest BCUT2D eigenvalue weighted by atomic mass is 10.2. The molecule has 0 aliphatic carbocycles. The van der Waals surface area contributed by atoms with Crippen molar-refractivity contribution in [2.45, 2.75) is 6.42 Å². The van der Waals surface area contributed by atoms with E-state index in [1.54, 1.807) is 18.2 Å². The molecule has 0 spiro atoms. The predicted octanol–water partition coefficient (Wildman–Crippen LogP) is 2.17. The van der Waals surface area contributed by atoms with Crippen molar-refractivity contribution in [1.29, 1.82) is 0 Å². The van der Waals surface area contributed by atoms with Gasteiger partial charge in [-0.3, -0.25) is 4.79 Å². The van der Waals surface area contributed by atoms with Crippen LogP contribution in [0, 0.1) is 11.8 Å². The second kappa shape index (κ2) is 5.28. The van der Waals surface area contributed by atoms with Gasteiger partial charge >= 0.3 is 5.97 Å². The first-order chi connectivity index (χ1) is 7.11. The van der Waals surface area contributed by atoms with Gasteiger partial charge in [0.2, 0.25) is 0 Å². The molecule has 1 aromatic rings. The lowest BCUT2D eigenvalue weighted by Crippen LogP contribution is -1.90. The van der Waals surface area contributed by atoms with E-state index in [2.05, 4.69) is 11.8 Å². The minimum atomic E-state index is -0.948. The molecule has 78 valence electrons. The Kier molecular flexibility index (Phi) is 4.02. The van der Waals surface area contributed by atoms with Gasteiger partial charge in [0.25, 0.3) is 0 Å². The largest absolute Gasteiger partial charge is 0.497 e. The number of carbonyl (C=O) groups is 1. The molecule has 0 unspecified atom stereocenters. The number of hydrogen-bond acceptors (Lipinski definition) is 2. The molecule has 0 bridgehead atoms. The summed E-state index contributed by atoms with van der Waals surface area (Å²) >= 11 is 5.81. The number of benzene rings is 1. The van der Waals surface area contributed by atoms with E-state index in [0.717, 1.165) is 0 Å². The van der Waals surface area contributed by atoms with Crippen LogP contribution in [-0.2, 0) is 4.79 Å². The number of carboxylic acids is 1. The fourth-order valence-corrected chi connectivity index (χ4v) is 1.20. The Bertz CT molecular complexity index is 429. The summed E-state index contributed by atoms with van der Waals surface area (Å²) in [7, 11) is 1.53. The fraction of sp³-hybridized carbons (Fsp3) is 0.182. The predicted molar refractivity (Wildman–Crippen MR) is 57.1 cm³/mol. The fourth-order valence-electron chi connectivity index (χ4n) is 0.975. The van der Waals surface area contributed by atoms with Crippen LogP contribution in [-0.4, -0.2) is 18.2 Å². The molecule has 15 heavy (non-hydrogen) atoms. The van der Waals surface area contributed by atoms with Gasteiger partial charge in [0.05, 0.1) is 7.11 Å². The number of rotatable bonds is 2. The molecule has 0 aromatic heterocycles. The maximum atomic E-state index is 10.2. The standard InChI is InChI=1S/C11H9ClO3/c1-15-10-6-8(5-9(12)7-10)3-2-4-11(13)14/h5-7H,4H2,1H3,(H,13,14). The highest BCUT2D eigenvalue weighted by Gasteiger charge is 1.97. The van der Waals surface area contributed by atoms with Crippen molar-refractivity contribution in [3.8, 4) is 17.6 Å². The van der Waals surface area contributed by atoms with Crippen LogP contribution in [0.3, 0.4) is 0 Å². The van der Waals surface area contributed by atoms with Crippen molar-refractivity contribution in [3.63, 3.8) is 0 Å². The number of hydrogen-bond donors (Lipinski definition) is 1. The van der Waals surface area contributed by atoms with Crippen molar-refractivity contribution >= 4 is 17.6 Å². The van der Waals surface area contributed by atoms with Gasteiger partial charge in [-0.15, -0.1) is 0 Å². The number of carboxylic acid groups (broad SMARTS) is 1. The molecular weight excluding hydrogens is 216 g/mol. The van der Waals surface area contributed by atoms with Crippen LogP contribution in [0.4, 0.5) is 0 Å². The zero-order valence-corrected chi connectivity index (χ0v) is 8.84. The number of methoxy groups -OCH3 is 1. The van der Waals surface area contributed by atoms with Gasteiger partial charge in [0.1, 0.15) is 12.2 Å². The highest BCUT2D eigenvalue weighted by Crippen LogP contribution is 2.19. The molecule has 0 atom stereocenters. The molecule has 3 nitrogen and oxygen atoms in total. The molecule has 1 N–H and O–H groups in total. The quantitative estimate of drug-likeness (QED) is 0.784. The third-order valence-corrected chi connectivity index (χ3v) is 1.80. The smallest absolute Gasteiger partial charge is 0.315 e. The zero-order valence-electron chi connectivity index (χ0n) is 8.08. The average Bonchev–Trinajstić information content (AvgIpc) is 2.16. The van der Waals surface area contributed by atoms with Crippen LogP contribution in [0.15, 0.2) is 18.2 Å². The van der Waals surface area contributed by atoms with Gasteiger partial charge in [-0.25, -0.2) is 0 Å². The average molecular weight is 225 g/mol. The lowest BCUT2D eigenvalue weighted by Gasteiger charge is -2.00. The Labute approximate surface area is 92.6 Å². The van der Waals surface area contributed by atoms with E-state index < -0.39 is 5.97 Å². The Morgan fingerprint density at radius 3 is 2.87 bits per heavy atom. The van der Waals surface area contributed by atoms with Crippen LogP contribution >= 0.6 is 11.6 Å². The lowest BCUT2D eigenvalue weighted by molar-refractivity contribution is -0.135. The maximum Gasteiger partial charge on any atom is 0.315 e. The molecule has 0 saturated carbocycles. The highest BCUT2D eigenvalue weighted by molar-refractivity contribution is 6.30. The Morgan fingerprint density at radius 1 is 1.53 bits per heavy atom. The van der Waals surface area contributed by atoms with Gasteiger partial charge in [-0.2, -0.15) is 0 Å². The molecule has 0 radical (unpaired) electrons. The molecule has 0 amide bonds. The maximum absolute atomic E-state index is 10.2. The van der Waals surface area contributed by atoms with E-state index in [-0.39, 0.29) is 6.42 Å². The molecule has 1 aromatic carbocycles. The summed E-state index contributed by atoms with van der Waals surface area (Å²) < 4.78 is 4.99. The first-order valence-electron chi connectivity index (χ1n) is 4.17. The number of aliphatic carboxylic acids is 1. The summed E-state index contributed by atoms with van der Waals surface area (Å²) in [5.74, 6) is 4.86. The molecule has 0 aliphatic heterocycles. The van der Waals surface area contributed by atoms with Crippen LogP contribution in [0.2, 0.25) is 5.02 Å². The second-order valence-corrected chi connectivity index (χ2v) is 3.19. The molecule has 4 heteroatoms. The summed E-state index contributed by atoms with van der Waals surface area (Å²) in [6, 6.07) is 5.00. The van der Waals surface area contributed by atoms with E-state index in [4.69, 9.17) is 21.4 Å². The van der Waals surface area contributed by atoms with E-state index in [1.807, 2.05) is 0 Å². The van der Waals surface area contributed by atoms with Crippen molar-refractivity contribution in [1.82, 2.24) is 0 Å². The van der Waals surface area contributed by atoms with E-state index >= 15 is 0 Å². The topological polar surface area (TPSA) is 46.5 Å². The van der Waals surface area contributed by atoms with Crippen LogP contribution in [0.25, 0.3) is 0 Å². The second-order valence-electron chi connectivity index (χ2n) is 2.75. The number of ether oxygens (including phenoxy) is 1. The molecule has 0 fully saturated rings. The normalized spacial score (nSPS) is 8.93. The minimum Gasteiger partial charge on any atom is -0.497 e. The third kappa shape index (κ3) is 3.92. The third-order valence-electron chi connectivity index (χ3n) is 1.58. The summed E-state index contributed by atoms with van der Waals surface area (Å²) in [5, 5.41) is 8.90. The van der Waals surface area contributed by atoms with Crippen molar-refractivity contribution in [2.24, 2.45) is 0 Å². The minimum absolute atomic E-state index is 0.186. The summed E-state index contributed by atoms with van der Waals surface area (Å²) in [5.41, 5.74) is 0.639. The van der Waals surface area contributed by atoms with Crippen LogP contribution in [0.5, 0.6) is 5.75 Å². The van der Waals surface area contributed by atoms with E-state index in [9.17, 15) is 4.79 Å². The van der Waals surface area contributed by atoms with Gasteiger partial charge in [0, 0.05) is 10.6 Å². The number of halogens is 1. The van der Waals surface area contributed by atoms with Gasteiger partial charge in [-0.1, -0.05) is 23.4 Å². The Hall–Kier alpha value is -1.66. The summed E-state index contributed by atoms with van der Waals surface area (Å²) in [6.45, 7) is 0. The van der Waals surface area contributed by atoms with E-state index in [1.165, 1.54) is 7.11 Å². The molecular formula is C11H9ClO3. The van der Waals surface area contributed by atoms with Crippen molar-refractivity contribution in [2.75, 3.05) is 7.11 Å². The SMILES string of the molecule is COc1cc(Cl)cc(C#CCC(=O)O)c1. The van der Waals surface area contributed by atoms with Crippen molar-refractivity contribution < 1.29 is 14.6 Å². The summed E-state index contributed by atoms with van der Waals surface area (Å²) in [4.78, 5) is 10.2. The van der Waals surface area contributed by atoms with Crippen molar-refractivity contribution in [3.05, 3.63) is 28.8 Å². The van der Waals surface area contributed by atoms with E-state index in [0.29, 0.717) is 16.3 Å². The monoisotopic (exact) mass is 224 g/mol. The Balaban J connectivity index is 2.88. The first-order valence-corrected chi connectivity index (χ1v) is 4.55. The van der Waals surface area contributed by atoms with Crippen LogP contribution < -0.4 is 4.74 Å². The Morgan fingerprint density at radius 2 is 2.27 bits per heavy atom. The highest BCUT2D eigenvalue weighted by atomic mass is 35.5. The van der Waals surface area contributed by atoms with Crippen LogP contribution in [0.1, 0.15) is 12.0 Å². The molecule has 1 rings (SSSR count). The molecule has 0 saturated heterocycles. The van der Waals surface area contributed by atoms with Gasteiger partial charge in [-0.05, 0) is 18.2 Å². The summed E-state index contributed by atoms with van der Waals surface area (Å²) in [6.07, 6.45) is -0.186. The molecule has 0 heterocycles.